The van der Waals surface area contributed by atoms with Crippen molar-refractivity contribution in [1.82, 2.24) is 20.3 Å². The summed E-state index contributed by atoms with van der Waals surface area (Å²) < 4.78 is 0. The lowest BCUT2D eigenvalue weighted by Crippen LogP contribution is -2.27. The second-order valence-electron chi connectivity index (χ2n) is 3.93. The van der Waals surface area contributed by atoms with Crippen LogP contribution in [0.1, 0.15) is 35.0 Å². The van der Waals surface area contributed by atoms with Gasteiger partial charge in [0.15, 0.2) is 5.13 Å². The van der Waals surface area contributed by atoms with Crippen molar-refractivity contribution in [2.75, 3.05) is 12.4 Å². The Morgan fingerprint density at radius 3 is 2.89 bits per heavy atom. The summed E-state index contributed by atoms with van der Waals surface area (Å²) in [7, 11) is 1.77. The standard InChI is InChI=1S/C11H15N5OS/c1-6-4-13-9(14-6)7(2)15-10(17)8-5-18-11(12-3)16-8/h4-5,7H,1-3H3,(H,12,16)(H,13,14)(H,15,17). The Hall–Kier alpha value is -1.89. The van der Waals surface area contributed by atoms with E-state index in [1.54, 1.807) is 18.6 Å². The number of aromatic nitrogens is 3. The number of aryl methyl sites for hydroxylation is 1. The van der Waals surface area contributed by atoms with Gasteiger partial charge in [-0.1, -0.05) is 0 Å². The van der Waals surface area contributed by atoms with Crippen LogP contribution in [0.2, 0.25) is 0 Å². The molecule has 2 aromatic rings. The van der Waals surface area contributed by atoms with E-state index in [-0.39, 0.29) is 11.9 Å². The number of anilines is 1. The van der Waals surface area contributed by atoms with Crippen LogP contribution in [-0.2, 0) is 0 Å². The average Bonchev–Trinajstić information content (AvgIpc) is 2.97. The van der Waals surface area contributed by atoms with Crippen LogP contribution in [0.5, 0.6) is 0 Å². The minimum Gasteiger partial charge on any atom is -0.365 e. The Labute approximate surface area is 109 Å². The molecule has 0 aliphatic heterocycles. The number of H-pyrrole nitrogens is 1. The molecule has 0 aliphatic rings. The summed E-state index contributed by atoms with van der Waals surface area (Å²) in [5.41, 5.74) is 1.39. The summed E-state index contributed by atoms with van der Waals surface area (Å²) >= 11 is 1.40. The molecule has 96 valence electrons. The summed E-state index contributed by atoms with van der Waals surface area (Å²) in [6.07, 6.45) is 1.74. The van der Waals surface area contributed by atoms with E-state index in [0.29, 0.717) is 5.69 Å². The molecule has 6 nitrogen and oxygen atoms in total. The molecule has 2 rings (SSSR count). The molecule has 0 saturated heterocycles. The van der Waals surface area contributed by atoms with Gasteiger partial charge in [0.25, 0.3) is 5.91 Å². The molecule has 0 aromatic carbocycles. The first kappa shape index (κ1) is 12.6. The van der Waals surface area contributed by atoms with Gasteiger partial charge in [-0.3, -0.25) is 4.79 Å². The van der Waals surface area contributed by atoms with Crippen molar-refractivity contribution >= 4 is 22.4 Å². The van der Waals surface area contributed by atoms with E-state index in [2.05, 4.69) is 25.6 Å². The Morgan fingerprint density at radius 2 is 2.33 bits per heavy atom. The van der Waals surface area contributed by atoms with E-state index < -0.39 is 0 Å². The summed E-state index contributed by atoms with van der Waals surface area (Å²) in [4.78, 5) is 23.3. The van der Waals surface area contributed by atoms with Crippen LogP contribution >= 0.6 is 11.3 Å². The van der Waals surface area contributed by atoms with Gasteiger partial charge in [0, 0.05) is 24.3 Å². The SMILES string of the molecule is CNc1nc(C(=O)NC(C)c2ncc(C)[nH]2)cs1. The van der Waals surface area contributed by atoms with Gasteiger partial charge in [0.2, 0.25) is 0 Å². The number of carbonyl (C=O) groups excluding carboxylic acids is 1. The maximum Gasteiger partial charge on any atom is 0.271 e. The molecule has 7 heteroatoms. The number of rotatable bonds is 4. The highest BCUT2D eigenvalue weighted by molar-refractivity contribution is 7.13. The Morgan fingerprint density at radius 1 is 1.56 bits per heavy atom. The van der Waals surface area contributed by atoms with Crippen LogP contribution in [0, 0.1) is 6.92 Å². The summed E-state index contributed by atoms with van der Waals surface area (Å²) in [5.74, 6) is 0.541. The zero-order chi connectivity index (χ0) is 13.1. The molecule has 0 radical (unpaired) electrons. The van der Waals surface area contributed by atoms with Crippen molar-refractivity contribution in [2.45, 2.75) is 19.9 Å². The zero-order valence-corrected chi connectivity index (χ0v) is 11.3. The normalized spacial score (nSPS) is 12.2. The monoisotopic (exact) mass is 265 g/mol. The van der Waals surface area contributed by atoms with Gasteiger partial charge in [-0.05, 0) is 13.8 Å². The van der Waals surface area contributed by atoms with Gasteiger partial charge >= 0.3 is 0 Å². The Kier molecular flexibility index (Phi) is 3.61. The number of hydrogen-bond donors (Lipinski definition) is 3. The third kappa shape index (κ3) is 2.67. The largest absolute Gasteiger partial charge is 0.365 e. The smallest absolute Gasteiger partial charge is 0.271 e. The summed E-state index contributed by atoms with van der Waals surface area (Å²) in [6.45, 7) is 3.80. The summed E-state index contributed by atoms with van der Waals surface area (Å²) in [6, 6.07) is -0.175. The molecular formula is C11H15N5OS. The van der Waals surface area contributed by atoms with Crippen molar-refractivity contribution in [3.8, 4) is 0 Å². The fraction of sp³-hybridized carbons (Fsp3) is 0.364. The number of nitrogens with zero attached hydrogens (tertiary/aromatic N) is 2. The first-order valence-corrected chi connectivity index (χ1v) is 6.43. The van der Waals surface area contributed by atoms with Gasteiger partial charge in [0.1, 0.15) is 11.5 Å². The lowest BCUT2D eigenvalue weighted by molar-refractivity contribution is 0.0934. The van der Waals surface area contributed by atoms with Crippen molar-refractivity contribution in [1.29, 1.82) is 0 Å². The first-order chi connectivity index (χ1) is 8.60. The maximum absolute atomic E-state index is 11.9. The molecule has 0 spiro atoms. The van der Waals surface area contributed by atoms with Crippen LogP contribution in [0.3, 0.4) is 0 Å². The molecule has 0 saturated carbocycles. The van der Waals surface area contributed by atoms with Gasteiger partial charge < -0.3 is 15.6 Å². The molecule has 3 N–H and O–H groups in total. The molecule has 18 heavy (non-hydrogen) atoms. The van der Waals surface area contributed by atoms with Gasteiger partial charge in [-0.2, -0.15) is 0 Å². The van der Waals surface area contributed by atoms with Crippen LogP contribution < -0.4 is 10.6 Å². The third-order valence-corrected chi connectivity index (χ3v) is 3.29. The number of nitrogens with one attached hydrogen (secondary N) is 3. The maximum atomic E-state index is 11.9. The molecule has 0 bridgehead atoms. The van der Waals surface area contributed by atoms with Crippen molar-refractivity contribution in [3.63, 3.8) is 0 Å². The van der Waals surface area contributed by atoms with Crippen LogP contribution in [0.25, 0.3) is 0 Å². The van der Waals surface area contributed by atoms with Gasteiger partial charge in [0.05, 0.1) is 6.04 Å². The second kappa shape index (κ2) is 5.18. The van der Waals surface area contributed by atoms with Crippen molar-refractivity contribution in [3.05, 3.63) is 28.8 Å². The fourth-order valence-corrected chi connectivity index (χ4v) is 2.14. The Balaban J connectivity index is 2.02. The van der Waals surface area contributed by atoms with Crippen LogP contribution in [-0.4, -0.2) is 27.9 Å². The molecule has 2 heterocycles. The molecular weight excluding hydrogens is 250 g/mol. The lowest BCUT2D eigenvalue weighted by atomic mass is 10.3. The van der Waals surface area contributed by atoms with E-state index in [9.17, 15) is 4.79 Å². The topological polar surface area (TPSA) is 82.7 Å². The van der Waals surface area contributed by atoms with E-state index in [4.69, 9.17) is 0 Å². The molecule has 0 aliphatic carbocycles. The first-order valence-electron chi connectivity index (χ1n) is 5.56. The van der Waals surface area contributed by atoms with E-state index in [1.807, 2.05) is 13.8 Å². The van der Waals surface area contributed by atoms with Crippen LogP contribution in [0.15, 0.2) is 11.6 Å². The average molecular weight is 265 g/mol. The van der Waals surface area contributed by atoms with Crippen LogP contribution in [0.4, 0.5) is 5.13 Å². The minimum atomic E-state index is -0.200. The number of carbonyl (C=O) groups is 1. The highest BCUT2D eigenvalue weighted by Gasteiger charge is 2.15. The molecule has 0 fully saturated rings. The minimum absolute atomic E-state index is 0.175. The van der Waals surface area contributed by atoms with Crippen molar-refractivity contribution in [2.24, 2.45) is 0 Å². The number of amides is 1. The van der Waals surface area contributed by atoms with E-state index in [1.165, 1.54) is 11.3 Å². The highest BCUT2D eigenvalue weighted by atomic mass is 32.1. The Bertz CT molecular complexity index is 547. The molecule has 1 unspecified atom stereocenters. The lowest BCUT2D eigenvalue weighted by Gasteiger charge is -2.09. The van der Waals surface area contributed by atoms with E-state index in [0.717, 1.165) is 16.6 Å². The third-order valence-electron chi connectivity index (χ3n) is 2.43. The second-order valence-corrected chi connectivity index (χ2v) is 4.79. The van der Waals surface area contributed by atoms with Crippen molar-refractivity contribution < 1.29 is 4.79 Å². The predicted molar refractivity (Wildman–Crippen MR) is 70.9 cm³/mol. The number of imidazole rings is 1. The molecule has 2 aromatic heterocycles. The quantitative estimate of drug-likeness (QED) is 0.786. The highest BCUT2D eigenvalue weighted by Crippen LogP contribution is 2.15. The van der Waals surface area contributed by atoms with E-state index >= 15 is 0 Å². The molecule has 1 amide bonds. The number of thiazole rings is 1. The molecule has 1 atom stereocenters. The number of hydrogen-bond acceptors (Lipinski definition) is 5. The predicted octanol–water partition coefficient (Wildman–Crippen LogP) is 1.71. The van der Waals surface area contributed by atoms with Gasteiger partial charge in [-0.25, -0.2) is 9.97 Å². The number of aromatic amines is 1. The summed E-state index contributed by atoms with van der Waals surface area (Å²) in [5, 5.41) is 8.19. The zero-order valence-electron chi connectivity index (χ0n) is 10.4. The fourth-order valence-electron chi connectivity index (χ4n) is 1.48. The van der Waals surface area contributed by atoms with Gasteiger partial charge in [-0.15, -0.1) is 11.3 Å².